The molecule has 1 unspecified atom stereocenters. The third-order valence-electron chi connectivity index (χ3n) is 3.65. The van der Waals surface area contributed by atoms with Crippen LogP contribution in [0.3, 0.4) is 0 Å². The first-order valence-electron chi connectivity index (χ1n) is 8.11. The quantitative estimate of drug-likeness (QED) is 0.503. The van der Waals surface area contributed by atoms with Crippen molar-refractivity contribution in [1.82, 2.24) is 0 Å². The van der Waals surface area contributed by atoms with E-state index in [-0.39, 0.29) is 18.1 Å². The fraction of sp³-hybridized carbons (Fsp3) is 0.150. The Labute approximate surface area is 155 Å². The lowest BCUT2D eigenvalue weighted by atomic mass is 10.0. The van der Waals surface area contributed by atoms with Crippen LogP contribution in [0.2, 0.25) is 0 Å². The Morgan fingerprint density at radius 1 is 1.23 bits per heavy atom. The number of allylic oxidation sites excluding steroid dienone is 1. The number of hydrogen-bond acceptors (Lipinski definition) is 6. The van der Waals surface area contributed by atoms with Gasteiger partial charge in [-0.15, -0.1) is 0 Å². The van der Waals surface area contributed by atoms with Crippen molar-refractivity contribution in [3.8, 4) is 5.75 Å². The molecular formula is C20H17NO4S. The monoisotopic (exact) mass is 367 g/mol. The summed E-state index contributed by atoms with van der Waals surface area (Å²) in [7, 11) is 0. The Bertz CT molecular complexity index is 890. The predicted molar refractivity (Wildman–Crippen MR) is 102 cm³/mol. The highest BCUT2D eigenvalue weighted by Gasteiger charge is 2.42. The van der Waals surface area contributed by atoms with Gasteiger partial charge in [0.25, 0.3) is 0 Å². The number of phenolic OH excluding ortho intramolecular Hbond substituents is 1. The highest BCUT2D eigenvalue weighted by atomic mass is 32.2. The molecule has 0 bridgehead atoms. The fourth-order valence-corrected chi connectivity index (χ4v) is 3.60. The van der Waals surface area contributed by atoms with Crippen LogP contribution in [0.4, 0.5) is 5.69 Å². The second-order valence-corrected chi connectivity index (χ2v) is 6.60. The number of benzene rings is 2. The van der Waals surface area contributed by atoms with E-state index in [1.165, 1.54) is 0 Å². The number of phenols is 1. The van der Waals surface area contributed by atoms with Gasteiger partial charge in [-0.3, -0.25) is 9.59 Å². The largest absolute Gasteiger partial charge is 0.508 e. The first-order valence-corrected chi connectivity index (χ1v) is 8.93. The van der Waals surface area contributed by atoms with Gasteiger partial charge in [-0.1, -0.05) is 42.1 Å². The zero-order chi connectivity index (χ0) is 18.5. The lowest BCUT2D eigenvalue weighted by molar-refractivity contribution is -0.147. The van der Waals surface area contributed by atoms with Crippen molar-refractivity contribution in [1.29, 1.82) is 0 Å². The van der Waals surface area contributed by atoms with Crippen LogP contribution in [0.5, 0.6) is 5.75 Å². The molecule has 2 aromatic rings. The molecule has 0 amide bonds. The summed E-state index contributed by atoms with van der Waals surface area (Å²) >= 11 is 1.16. The summed E-state index contributed by atoms with van der Waals surface area (Å²) in [4.78, 5) is 29.9. The van der Waals surface area contributed by atoms with E-state index in [2.05, 4.69) is 4.99 Å². The molecule has 1 fully saturated rings. The average Bonchev–Trinajstić information content (AvgIpc) is 2.91. The lowest BCUT2D eigenvalue weighted by Gasteiger charge is -2.07. The molecular weight excluding hydrogens is 350 g/mol. The number of esters is 1. The van der Waals surface area contributed by atoms with Crippen molar-refractivity contribution < 1.29 is 19.4 Å². The van der Waals surface area contributed by atoms with E-state index in [1.807, 2.05) is 18.2 Å². The first-order chi connectivity index (χ1) is 12.6. The van der Waals surface area contributed by atoms with Gasteiger partial charge in [-0.2, -0.15) is 0 Å². The van der Waals surface area contributed by atoms with Crippen molar-refractivity contribution in [3.05, 3.63) is 65.1 Å². The molecule has 6 heteroatoms. The molecule has 1 aliphatic rings. The molecule has 3 rings (SSSR count). The maximum absolute atomic E-state index is 12.8. The Morgan fingerprint density at radius 3 is 2.69 bits per heavy atom. The summed E-state index contributed by atoms with van der Waals surface area (Å²) < 4.78 is 5.06. The second kappa shape index (κ2) is 8.01. The maximum atomic E-state index is 12.8. The van der Waals surface area contributed by atoms with Crippen LogP contribution >= 0.6 is 11.8 Å². The summed E-state index contributed by atoms with van der Waals surface area (Å²) in [6.07, 6.45) is 1.65. The number of aromatic hydroxyl groups is 1. The van der Waals surface area contributed by atoms with E-state index in [0.717, 1.165) is 11.8 Å². The van der Waals surface area contributed by atoms with Gasteiger partial charge in [0.1, 0.15) is 10.8 Å². The fourth-order valence-electron chi connectivity index (χ4n) is 2.49. The number of rotatable bonds is 4. The summed E-state index contributed by atoms with van der Waals surface area (Å²) in [5.41, 5.74) is 1.33. The zero-order valence-electron chi connectivity index (χ0n) is 14.1. The molecule has 0 saturated carbocycles. The van der Waals surface area contributed by atoms with Gasteiger partial charge >= 0.3 is 5.97 Å². The minimum atomic E-state index is -1.05. The van der Waals surface area contributed by atoms with Gasteiger partial charge in [-0.05, 0) is 42.8 Å². The SMILES string of the molecule is CCOC(=O)C1C(=O)C(=Cc2cccc(O)c2)SC1=Nc1ccccc1. The van der Waals surface area contributed by atoms with Crippen molar-refractivity contribution in [3.63, 3.8) is 0 Å². The number of ketones is 1. The highest BCUT2D eigenvalue weighted by molar-refractivity contribution is 8.19. The molecule has 1 atom stereocenters. The number of hydrogen-bond donors (Lipinski definition) is 1. The second-order valence-electron chi connectivity index (χ2n) is 5.54. The molecule has 1 N–H and O–H groups in total. The molecule has 2 aromatic carbocycles. The van der Waals surface area contributed by atoms with Crippen LogP contribution in [-0.2, 0) is 14.3 Å². The third-order valence-corrected chi connectivity index (χ3v) is 4.73. The maximum Gasteiger partial charge on any atom is 0.323 e. The summed E-state index contributed by atoms with van der Waals surface area (Å²) in [6, 6.07) is 15.7. The number of aliphatic imine (C=N–C) groups is 1. The van der Waals surface area contributed by atoms with E-state index in [0.29, 0.717) is 21.2 Å². The predicted octanol–water partition coefficient (Wildman–Crippen LogP) is 3.96. The molecule has 26 heavy (non-hydrogen) atoms. The van der Waals surface area contributed by atoms with E-state index < -0.39 is 11.9 Å². The van der Waals surface area contributed by atoms with E-state index in [9.17, 15) is 14.7 Å². The smallest absolute Gasteiger partial charge is 0.323 e. The topological polar surface area (TPSA) is 76.0 Å². The van der Waals surface area contributed by atoms with Crippen molar-refractivity contribution >= 4 is 40.3 Å². The van der Waals surface area contributed by atoms with Crippen LogP contribution in [0.25, 0.3) is 6.08 Å². The van der Waals surface area contributed by atoms with E-state index in [4.69, 9.17) is 4.74 Å². The van der Waals surface area contributed by atoms with E-state index >= 15 is 0 Å². The molecule has 5 nitrogen and oxygen atoms in total. The van der Waals surface area contributed by atoms with Gasteiger partial charge in [0.2, 0.25) is 0 Å². The number of carbonyl (C=O) groups is 2. The standard InChI is InChI=1S/C20H17NO4S/c1-2-25-20(24)17-18(23)16(12-13-7-6-10-15(22)11-13)26-19(17)21-14-8-4-3-5-9-14/h3-12,17,22H,2H2,1H3. The normalized spacial score (nSPS) is 19.9. The Kier molecular flexibility index (Phi) is 5.53. The van der Waals surface area contributed by atoms with Gasteiger partial charge in [-0.25, -0.2) is 4.99 Å². The van der Waals surface area contributed by atoms with Gasteiger partial charge in [0.05, 0.1) is 17.2 Å². The number of nitrogens with zero attached hydrogens (tertiary/aromatic N) is 1. The molecule has 0 aromatic heterocycles. The Balaban J connectivity index is 1.99. The Morgan fingerprint density at radius 2 is 2.00 bits per heavy atom. The number of thioether (sulfide) groups is 1. The van der Waals surface area contributed by atoms with E-state index in [1.54, 1.807) is 49.4 Å². The molecule has 1 saturated heterocycles. The number of para-hydroxylation sites is 1. The third kappa shape index (κ3) is 4.03. The Hall–Kier alpha value is -2.86. The molecule has 0 radical (unpaired) electrons. The van der Waals surface area contributed by atoms with Gasteiger partial charge in [0.15, 0.2) is 11.7 Å². The van der Waals surface area contributed by atoms with Gasteiger partial charge in [0, 0.05) is 0 Å². The molecule has 1 heterocycles. The van der Waals surface area contributed by atoms with Crippen LogP contribution in [-0.4, -0.2) is 28.5 Å². The van der Waals surface area contributed by atoms with Crippen LogP contribution < -0.4 is 0 Å². The number of carbonyl (C=O) groups excluding carboxylic acids is 2. The van der Waals surface area contributed by atoms with Crippen molar-refractivity contribution in [2.45, 2.75) is 6.92 Å². The molecule has 132 valence electrons. The molecule has 0 spiro atoms. The van der Waals surface area contributed by atoms with Crippen LogP contribution in [0.15, 0.2) is 64.5 Å². The number of ether oxygens (including phenoxy) is 1. The van der Waals surface area contributed by atoms with Crippen LogP contribution in [0.1, 0.15) is 12.5 Å². The van der Waals surface area contributed by atoms with Crippen molar-refractivity contribution in [2.75, 3.05) is 6.61 Å². The average molecular weight is 367 g/mol. The van der Waals surface area contributed by atoms with Crippen molar-refractivity contribution in [2.24, 2.45) is 10.9 Å². The first kappa shape index (κ1) is 17.9. The highest BCUT2D eigenvalue weighted by Crippen LogP contribution is 2.38. The summed E-state index contributed by atoms with van der Waals surface area (Å²) in [5.74, 6) is -1.89. The minimum absolute atomic E-state index is 0.106. The summed E-state index contributed by atoms with van der Waals surface area (Å²) in [5, 5.41) is 9.99. The van der Waals surface area contributed by atoms with Crippen LogP contribution in [0, 0.1) is 5.92 Å². The number of Topliss-reactive ketones (excluding diaryl/α,β-unsaturated/α-hetero) is 1. The zero-order valence-corrected chi connectivity index (χ0v) is 14.9. The minimum Gasteiger partial charge on any atom is -0.508 e. The molecule has 1 aliphatic heterocycles. The van der Waals surface area contributed by atoms with Gasteiger partial charge < -0.3 is 9.84 Å². The molecule has 0 aliphatic carbocycles. The lowest BCUT2D eigenvalue weighted by Crippen LogP contribution is -2.27. The summed E-state index contributed by atoms with van der Waals surface area (Å²) in [6.45, 7) is 1.89.